The Labute approximate surface area is 245 Å². The largest absolute Gasteiger partial charge is 0.460 e. The van der Waals surface area contributed by atoms with Gasteiger partial charge in [-0.2, -0.15) is 0 Å². The molecular formula is C30H33NO12. The van der Waals surface area contributed by atoms with E-state index < -0.39 is 72.7 Å². The third-order valence-corrected chi connectivity index (χ3v) is 6.89. The summed E-state index contributed by atoms with van der Waals surface area (Å²) in [6.07, 6.45) is -7.21. The number of aryl methyl sites for hydroxylation is 1. The summed E-state index contributed by atoms with van der Waals surface area (Å²) < 4.78 is 28.5. The number of nitrogens with one attached hydrogen (secondary N) is 1. The van der Waals surface area contributed by atoms with Crippen molar-refractivity contribution in [3.05, 3.63) is 76.1 Å². The van der Waals surface area contributed by atoms with E-state index in [4.69, 9.17) is 23.4 Å². The van der Waals surface area contributed by atoms with E-state index in [1.165, 1.54) is 25.1 Å². The number of hydrogen-bond acceptors (Lipinski definition) is 12. The zero-order valence-corrected chi connectivity index (χ0v) is 23.7. The minimum absolute atomic E-state index is 0.0200. The molecule has 1 aromatic heterocycles. The molecule has 0 bridgehead atoms. The monoisotopic (exact) mass is 599 g/mol. The Bertz CT molecular complexity index is 1520. The van der Waals surface area contributed by atoms with Crippen molar-refractivity contribution in [3.63, 3.8) is 0 Å². The first-order valence-corrected chi connectivity index (χ1v) is 13.5. The molecule has 2 heterocycles. The number of carbonyl (C=O) groups excluding carboxylic acids is 3. The van der Waals surface area contributed by atoms with Gasteiger partial charge in [0.05, 0.1) is 19.1 Å². The zero-order chi connectivity index (χ0) is 31.3. The van der Waals surface area contributed by atoms with Crippen molar-refractivity contribution in [2.24, 2.45) is 0 Å². The molecule has 0 radical (unpaired) electrons. The van der Waals surface area contributed by atoms with E-state index in [-0.39, 0.29) is 17.9 Å². The van der Waals surface area contributed by atoms with Crippen LogP contribution in [0.25, 0.3) is 11.0 Å². The molecule has 3 aromatic rings. The highest BCUT2D eigenvalue weighted by molar-refractivity contribution is 5.82. The second-order valence-corrected chi connectivity index (χ2v) is 10.2. The van der Waals surface area contributed by atoms with Crippen LogP contribution in [0.2, 0.25) is 0 Å². The maximum Gasteiger partial charge on any atom is 0.380 e. The maximum absolute atomic E-state index is 13.9. The maximum atomic E-state index is 13.9. The molecule has 4 N–H and O–H groups in total. The number of hydrogen-bond donors (Lipinski definition) is 4. The molecule has 1 amide bonds. The number of ether oxygens (including phenoxy) is 4. The molecule has 0 spiro atoms. The Morgan fingerprint density at radius 3 is 2.47 bits per heavy atom. The van der Waals surface area contributed by atoms with Gasteiger partial charge in [-0.15, -0.1) is 0 Å². The molecule has 1 aliphatic rings. The Morgan fingerprint density at radius 1 is 1.09 bits per heavy atom. The fourth-order valence-corrected chi connectivity index (χ4v) is 4.92. The molecule has 13 heteroatoms. The standard InChI is InChI=1S/C30H33NO12/c1-16-11-25(36)41-23-12-20(9-10-21(16)23)42-30(29(38)39-15-19-7-5-4-6-8-19)13-24(40-18(3)34)26(31-17(2)33)28(43-30)27(37)22(35)14-32/h4-12,22,24,26-28,32,35,37H,13-15H2,1-3H3,(H,31,33)/t22-,24+,26-,27-,28-,30-/m1/s1. The number of benzene rings is 2. The fraction of sp³-hybridized carbons (Fsp3) is 0.400. The number of rotatable bonds is 10. The number of aliphatic hydroxyl groups excluding tert-OH is 3. The molecular weight excluding hydrogens is 566 g/mol. The number of carbonyl (C=O) groups is 3. The summed E-state index contributed by atoms with van der Waals surface area (Å²) >= 11 is 0. The third kappa shape index (κ3) is 7.38. The number of fused-ring (bicyclic) bond motifs is 1. The number of esters is 2. The Kier molecular flexibility index (Phi) is 9.81. The first-order chi connectivity index (χ1) is 20.4. The topological polar surface area (TPSA) is 191 Å². The highest BCUT2D eigenvalue weighted by atomic mass is 16.7. The summed E-state index contributed by atoms with van der Waals surface area (Å²) in [6.45, 7) is 2.89. The lowest BCUT2D eigenvalue weighted by molar-refractivity contribution is -0.288. The van der Waals surface area contributed by atoms with Gasteiger partial charge in [0.15, 0.2) is 0 Å². The summed E-state index contributed by atoms with van der Waals surface area (Å²) in [5, 5.41) is 34.0. The Balaban J connectivity index is 1.82. The lowest BCUT2D eigenvalue weighted by Crippen LogP contribution is -2.69. The van der Waals surface area contributed by atoms with Gasteiger partial charge < -0.3 is 44.0 Å². The van der Waals surface area contributed by atoms with Crippen LogP contribution in [0.5, 0.6) is 5.75 Å². The minimum Gasteiger partial charge on any atom is -0.460 e. The summed E-state index contributed by atoms with van der Waals surface area (Å²) in [7, 11) is 0. The van der Waals surface area contributed by atoms with Gasteiger partial charge in [-0.3, -0.25) is 9.59 Å². The van der Waals surface area contributed by atoms with Crippen LogP contribution in [0.15, 0.2) is 63.8 Å². The van der Waals surface area contributed by atoms with Crippen LogP contribution >= 0.6 is 0 Å². The molecule has 1 aliphatic heterocycles. The minimum atomic E-state index is -2.43. The molecule has 4 rings (SSSR count). The average Bonchev–Trinajstić information content (AvgIpc) is 2.96. The molecule has 43 heavy (non-hydrogen) atoms. The molecule has 0 unspecified atom stereocenters. The van der Waals surface area contributed by atoms with Gasteiger partial charge in [0, 0.05) is 31.4 Å². The van der Waals surface area contributed by atoms with Crippen LogP contribution in [-0.4, -0.2) is 76.0 Å². The van der Waals surface area contributed by atoms with Crippen LogP contribution in [-0.2, 0) is 35.2 Å². The van der Waals surface area contributed by atoms with Crippen molar-refractivity contribution in [3.8, 4) is 5.75 Å². The summed E-state index contributed by atoms with van der Waals surface area (Å²) in [5.41, 5.74) is 0.802. The van der Waals surface area contributed by atoms with Gasteiger partial charge >= 0.3 is 23.4 Å². The van der Waals surface area contributed by atoms with E-state index in [1.54, 1.807) is 43.3 Å². The van der Waals surface area contributed by atoms with E-state index >= 15 is 0 Å². The van der Waals surface area contributed by atoms with Crippen molar-refractivity contribution in [1.82, 2.24) is 5.32 Å². The second-order valence-electron chi connectivity index (χ2n) is 10.2. The first kappa shape index (κ1) is 31.6. The lowest BCUT2D eigenvalue weighted by atomic mass is 9.88. The highest BCUT2D eigenvalue weighted by Gasteiger charge is 2.59. The summed E-state index contributed by atoms with van der Waals surface area (Å²) in [6, 6.07) is 13.2. The van der Waals surface area contributed by atoms with Gasteiger partial charge in [-0.1, -0.05) is 30.3 Å². The average molecular weight is 600 g/mol. The molecule has 0 saturated carbocycles. The van der Waals surface area contributed by atoms with Crippen molar-refractivity contribution in [1.29, 1.82) is 0 Å². The van der Waals surface area contributed by atoms with Gasteiger partial charge in [0.25, 0.3) is 0 Å². The second kappa shape index (κ2) is 13.3. The van der Waals surface area contributed by atoms with E-state index in [0.29, 0.717) is 16.5 Å². The molecule has 0 aliphatic carbocycles. The first-order valence-electron chi connectivity index (χ1n) is 13.5. The molecule has 2 aromatic carbocycles. The van der Waals surface area contributed by atoms with Gasteiger partial charge in [0.2, 0.25) is 5.91 Å². The van der Waals surface area contributed by atoms with Crippen molar-refractivity contribution in [2.75, 3.05) is 6.61 Å². The van der Waals surface area contributed by atoms with Crippen molar-refractivity contribution >= 4 is 28.8 Å². The molecule has 230 valence electrons. The summed E-state index contributed by atoms with van der Waals surface area (Å²) in [5.74, 6) is -4.92. The molecule has 1 saturated heterocycles. The van der Waals surface area contributed by atoms with E-state index in [0.717, 1.165) is 6.92 Å². The van der Waals surface area contributed by atoms with Gasteiger partial charge in [0.1, 0.15) is 42.4 Å². The fourth-order valence-electron chi connectivity index (χ4n) is 4.92. The van der Waals surface area contributed by atoms with Gasteiger partial charge in [-0.25, -0.2) is 9.59 Å². The number of amides is 1. The van der Waals surface area contributed by atoms with Crippen molar-refractivity contribution < 1.29 is 53.1 Å². The Hall–Kier alpha value is -4.30. The zero-order valence-electron chi connectivity index (χ0n) is 23.7. The van der Waals surface area contributed by atoms with Crippen LogP contribution in [0, 0.1) is 6.92 Å². The molecule has 13 nitrogen and oxygen atoms in total. The summed E-state index contributed by atoms with van der Waals surface area (Å²) in [4.78, 5) is 50.1. The molecule has 1 fully saturated rings. The van der Waals surface area contributed by atoms with E-state index in [9.17, 15) is 34.5 Å². The Morgan fingerprint density at radius 2 is 1.81 bits per heavy atom. The van der Waals surface area contributed by atoms with Crippen LogP contribution < -0.4 is 15.7 Å². The van der Waals surface area contributed by atoms with Crippen LogP contribution in [0.1, 0.15) is 31.4 Å². The number of aliphatic hydroxyl groups is 3. The SMILES string of the molecule is CC(=O)N[C@H]1[C@H]([C@H](O)[C@H](O)CO)O[C@@](Oc2ccc3c(C)cc(=O)oc3c2)(C(=O)OCc2ccccc2)C[C@@H]1OC(C)=O. The lowest BCUT2D eigenvalue weighted by Gasteiger charge is -2.47. The normalized spacial score (nSPS) is 23.2. The van der Waals surface area contributed by atoms with Gasteiger partial charge in [-0.05, 0) is 30.2 Å². The predicted octanol–water partition coefficient (Wildman–Crippen LogP) is 0.859. The molecule has 6 atom stereocenters. The van der Waals surface area contributed by atoms with E-state index in [1.807, 2.05) is 0 Å². The van der Waals surface area contributed by atoms with Crippen LogP contribution in [0.3, 0.4) is 0 Å². The van der Waals surface area contributed by atoms with E-state index in [2.05, 4.69) is 5.32 Å². The predicted molar refractivity (Wildman–Crippen MR) is 149 cm³/mol. The third-order valence-electron chi connectivity index (χ3n) is 6.89. The quantitative estimate of drug-likeness (QED) is 0.190. The van der Waals surface area contributed by atoms with Crippen molar-refractivity contribution in [2.45, 2.75) is 70.0 Å². The highest BCUT2D eigenvalue weighted by Crippen LogP contribution is 2.38. The smallest absolute Gasteiger partial charge is 0.380 e. The van der Waals surface area contributed by atoms with Crippen LogP contribution in [0.4, 0.5) is 0 Å².